The third-order valence-electron chi connectivity index (χ3n) is 2.41. The Morgan fingerprint density at radius 1 is 1.46 bits per heavy atom. The number of aldehydes is 1. The third-order valence-corrected chi connectivity index (χ3v) is 2.41. The van der Waals surface area contributed by atoms with Crippen LogP contribution in [0.1, 0.15) is 12.5 Å². The number of hydrogen-bond donors (Lipinski definition) is 0. The van der Waals surface area contributed by atoms with Crippen LogP contribution in [0.15, 0.2) is 24.3 Å². The number of para-hydroxylation sites is 1. The summed E-state index contributed by atoms with van der Waals surface area (Å²) in [6, 6.07) is 7.87. The van der Waals surface area contributed by atoms with Gasteiger partial charge in [0.1, 0.15) is 18.6 Å². The molecule has 1 aromatic carbocycles. The molecule has 0 aromatic heterocycles. The van der Waals surface area contributed by atoms with Crippen LogP contribution in [0.3, 0.4) is 0 Å². The van der Waals surface area contributed by atoms with Gasteiger partial charge in [0.25, 0.3) is 0 Å². The predicted molar refractivity (Wildman–Crippen MR) is 49.8 cm³/mol. The van der Waals surface area contributed by atoms with Crippen molar-refractivity contribution in [1.29, 1.82) is 0 Å². The quantitative estimate of drug-likeness (QED) is 0.610. The Hall–Kier alpha value is -1.31. The summed E-state index contributed by atoms with van der Waals surface area (Å²) in [5, 5.41) is 0. The maximum absolute atomic E-state index is 10.8. The van der Waals surface area contributed by atoms with Gasteiger partial charge in [0.15, 0.2) is 0 Å². The Labute approximate surface area is 77.5 Å². The number of hydrogen-bond acceptors (Lipinski definition) is 2. The fourth-order valence-electron chi connectivity index (χ4n) is 1.60. The van der Waals surface area contributed by atoms with E-state index in [0.717, 1.165) is 24.0 Å². The first-order chi connectivity index (χ1) is 6.23. The van der Waals surface area contributed by atoms with Crippen molar-refractivity contribution in [3.8, 4) is 5.75 Å². The van der Waals surface area contributed by atoms with Gasteiger partial charge in [-0.2, -0.15) is 0 Å². The predicted octanol–water partition coefficient (Wildman–Crippen LogP) is 1.83. The molecule has 0 amide bonds. The van der Waals surface area contributed by atoms with Gasteiger partial charge in [-0.05, 0) is 25.0 Å². The molecule has 2 nitrogen and oxygen atoms in total. The van der Waals surface area contributed by atoms with Crippen molar-refractivity contribution in [3.63, 3.8) is 0 Å². The van der Waals surface area contributed by atoms with Crippen molar-refractivity contribution in [2.75, 3.05) is 6.61 Å². The standard InChI is InChI=1S/C11H12O2/c1-11(7-12)6-9-4-2-3-5-10(9)13-8-11/h2-5,7H,6,8H2,1H3. The highest BCUT2D eigenvalue weighted by Gasteiger charge is 2.30. The smallest absolute Gasteiger partial charge is 0.129 e. The van der Waals surface area contributed by atoms with Crippen LogP contribution in [-0.4, -0.2) is 12.9 Å². The molecule has 2 heteroatoms. The molecule has 13 heavy (non-hydrogen) atoms. The summed E-state index contributed by atoms with van der Waals surface area (Å²) < 4.78 is 5.50. The van der Waals surface area contributed by atoms with E-state index in [1.165, 1.54) is 0 Å². The molecule has 0 N–H and O–H groups in total. The Morgan fingerprint density at radius 3 is 3.00 bits per heavy atom. The van der Waals surface area contributed by atoms with E-state index in [-0.39, 0.29) is 5.41 Å². The fourth-order valence-corrected chi connectivity index (χ4v) is 1.60. The van der Waals surface area contributed by atoms with Crippen LogP contribution in [0.5, 0.6) is 5.75 Å². The summed E-state index contributed by atoms with van der Waals surface area (Å²) >= 11 is 0. The molecule has 1 aromatic rings. The minimum absolute atomic E-state index is 0.339. The summed E-state index contributed by atoms with van der Waals surface area (Å²) in [7, 11) is 0. The van der Waals surface area contributed by atoms with Crippen LogP contribution in [0.4, 0.5) is 0 Å². The molecule has 0 spiro atoms. The van der Waals surface area contributed by atoms with E-state index in [1.807, 2.05) is 31.2 Å². The summed E-state index contributed by atoms with van der Waals surface area (Å²) in [6.45, 7) is 2.42. The number of carbonyl (C=O) groups is 1. The fraction of sp³-hybridized carbons (Fsp3) is 0.364. The molecular weight excluding hydrogens is 164 g/mol. The largest absolute Gasteiger partial charge is 0.492 e. The topological polar surface area (TPSA) is 26.3 Å². The van der Waals surface area contributed by atoms with Crippen molar-refractivity contribution < 1.29 is 9.53 Å². The van der Waals surface area contributed by atoms with Crippen molar-refractivity contribution in [2.45, 2.75) is 13.3 Å². The van der Waals surface area contributed by atoms with Crippen LogP contribution >= 0.6 is 0 Å². The average molecular weight is 176 g/mol. The van der Waals surface area contributed by atoms with E-state index in [0.29, 0.717) is 6.61 Å². The van der Waals surface area contributed by atoms with E-state index in [4.69, 9.17) is 4.74 Å². The van der Waals surface area contributed by atoms with Gasteiger partial charge in [-0.25, -0.2) is 0 Å². The van der Waals surface area contributed by atoms with Crippen LogP contribution < -0.4 is 4.74 Å². The van der Waals surface area contributed by atoms with E-state index in [2.05, 4.69) is 0 Å². The highest BCUT2D eigenvalue weighted by Crippen LogP contribution is 2.32. The summed E-state index contributed by atoms with van der Waals surface area (Å²) in [6.07, 6.45) is 1.77. The normalized spacial score (nSPS) is 25.9. The molecular formula is C11H12O2. The van der Waals surface area contributed by atoms with E-state index in [9.17, 15) is 4.79 Å². The first kappa shape index (κ1) is 8.30. The summed E-state index contributed by atoms with van der Waals surface area (Å²) in [4.78, 5) is 10.8. The second-order valence-corrected chi connectivity index (χ2v) is 3.85. The first-order valence-corrected chi connectivity index (χ1v) is 4.41. The number of rotatable bonds is 1. The number of carbonyl (C=O) groups excluding carboxylic acids is 1. The SMILES string of the molecule is CC1(C=O)COc2ccccc2C1. The molecule has 0 saturated heterocycles. The minimum atomic E-state index is -0.339. The van der Waals surface area contributed by atoms with Crippen LogP contribution in [0.2, 0.25) is 0 Å². The summed E-state index contributed by atoms with van der Waals surface area (Å²) in [5.74, 6) is 0.918. The van der Waals surface area contributed by atoms with Crippen molar-refractivity contribution >= 4 is 6.29 Å². The molecule has 2 rings (SSSR count). The second kappa shape index (κ2) is 2.87. The van der Waals surface area contributed by atoms with Gasteiger partial charge >= 0.3 is 0 Å². The van der Waals surface area contributed by atoms with Gasteiger partial charge in [0.2, 0.25) is 0 Å². The second-order valence-electron chi connectivity index (χ2n) is 3.85. The Morgan fingerprint density at radius 2 is 2.23 bits per heavy atom. The molecule has 0 bridgehead atoms. The Balaban J connectivity index is 2.34. The lowest BCUT2D eigenvalue weighted by Gasteiger charge is -2.29. The van der Waals surface area contributed by atoms with Crippen LogP contribution in [-0.2, 0) is 11.2 Å². The first-order valence-electron chi connectivity index (χ1n) is 4.41. The number of ether oxygens (including phenoxy) is 1. The maximum Gasteiger partial charge on any atom is 0.129 e. The van der Waals surface area contributed by atoms with Gasteiger partial charge in [-0.15, -0.1) is 0 Å². The molecule has 1 unspecified atom stereocenters. The van der Waals surface area contributed by atoms with Gasteiger partial charge in [0.05, 0.1) is 5.41 Å². The zero-order chi connectivity index (χ0) is 9.31. The molecule has 1 aliphatic heterocycles. The van der Waals surface area contributed by atoms with E-state index < -0.39 is 0 Å². The average Bonchev–Trinajstić information content (AvgIpc) is 2.18. The lowest BCUT2D eigenvalue weighted by Crippen LogP contribution is -2.33. The third kappa shape index (κ3) is 1.44. The minimum Gasteiger partial charge on any atom is -0.492 e. The molecule has 0 fully saturated rings. The van der Waals surface area contributed by atoms with Crippen molar-refractivity contribution in [2.24, 2.45) is 5.41 Å². The lowest BCUT2D eigenvalue weighted by molar-refractivity contribution is -0.117. The summed E-state index contributed by atoms with van der Waals surface area (Å²) in [5.41, 5.74) is 0.789. The number of fused-ring (bicyclic) bond motifs is 1. The van der Waals surface area contributed by atoms with Crippen molar-refractivity contribution in [1.82, 2.24) is 0 Å². The van der Waals surface area contributed by atoms with Gasteiger partial charge in [-0.1, -0.05) is 18.2 Å². The van der Waals surface area contributed by atoms with Gasteiger partial charge in [-0.3, -0.25) is 0 Å². The zero-order valence-electron chi connectivity index (χ0n) is 7.62. The number of benzene rings is 1. The highest BCUT2D eigenvalue weighted by atomic mass is 16.5. The van der Waals surface area contributed by atoms with E-state index >= 15 is 0 Å². The molecule has 0 saturated carbocycles. The van der Waals surface area contributed by atoms with Gasteiger partial charge < -0.3 is 9.53 Å². The lowest BCUT2D eigenvalue weighted by atomic mass is 9.84. The highest BCUT2D eigenvalue weighted by molar-refractivity contribution is 5.61. The van der Waals surface area contributed by atoms with Crippen LogP contribution in [0, 0.1) is 5.41 Å². The maximum atomic E-state index is 10.8. The molecule has 0 aliphatic carbocycles. The molecule has 68 valence electrons. The van der Waals surface area contributed by atoms with Crippen LogP contribution in [0.25, 0.3) is 0 Å². The van der Waals surface area contributed by atoms with Crippen molar-refractivity contribution in [3.05, 3.63) is 29.8 Å². The van der Waals surface area contributed by atoms with Gasteiger partial charge in [0, 0.05) is 0 Å². The zero-order valence-corrected chi connectivity index (χ0v) is 7.62. The van der Waals surface area contributed by atoms with E-state index in [1.54, 1.807) is 0 Å². The molecule has 1 heterocycles. The Bertz CT molecular complexity index is 333. The molecule has 0 radical (unpaired) electrons. The Kier molecular flexibility index (Phi) is 1.83. The monoisotopic (exact) mass is 176 g/mol. The molecule has 1 aliphatic rings. The molecule has 1 atom stereocenters.